The maximum atomic E-state index is 12.6. The Morgan fingerprint density at radius 1 is 1.36 bits per heavy atom. The van der Waals surface area contributed by atoms with E-state index in [0.29, 0.717) is 19.4 Å². The lowest BCUT2D eigenvalue weighted by molar-refractivity contribution is -0.402. The third-order valence-corrected chi connectivity index (χ3v) is 4.66. The van der Waals surface area contributed by atoms with Gasteiger partial charge in [0.1, 0.15) is 17.6 Å². The van der Waals surface area contributed by atoms with Crippen LogP contribution in [0.5, 0.6) is 0 Å². The fraction of sp³-hybridized carbons (Fsp3) is 0.278. The van der Waals surface area contributed by atoms with Crippen LogP contribution in [0.3, 0.4) is 0 Å². The van der Waals surface area contributed by atoms with Crippen LogP contribution in [-0.2, 0) is 16.1 Å². The van der Waals surface area contributed by atoms with Crippen molar-refractivity contribution in [2.45, 2.75) is 25.5 Å². The first-order valence-electron chi connectivity index (χ1n) is 8.67. The summed E-state index contributed by atoms with van der Waals surface area (Å²) in [6.45, 7) is 0.422. The van der Waals surface area contributed by atoms with E-state index in [1.165, 1.54) is 11.0 Å². The molecule has 0 aliphatic carbocycles. The zero-order valence-electron chi connectivity index (χ0n) is 14.7. The van der Waals surface area contributed by atoms with E-state index in [0.717, 1.165) is 22.5 Å². The molecule has 0 unspecified atom stereocenters. The molecule has 0 saturated carbocycles. The second kappa shape index (κ2) is 7.14. The number of aromatic amines is 1. The van der Waals surface area contributed by atoms with Crippen LogP contribution in [0.25, 0.3) is 10.9 Å². The maximum Gasteiger partial charge on any atom is 0.433 e. The van der Waals surface area contributed by atoms with E-state index in [1.54, 1.807) is 6.20 Å². The first-order valence-corrected chi connectivity index (χ1v) is 8.67. The van der Waals surface area contributed by atoms with Gasteiger partial charge in [-0.25, -0.2) is 4.79 Å². The first-order chi connectivity index (χ1) is 13.5. The number of nitrogens with one attached hydrogen (secondary N) is 1. The molecule has 2 aromatic heterocycles. The quantitative estimate of drug-likeness (QED) is 0.406. The highest BCUT2D eigenvalue weighted by Gasteiger charge is 2.37. The lowest BCUT2D eigenvalue weighted by Crippen LogP contribution is -2.41. The van der Waals surface area contributed by atoms with Crippen LogP contribution in [0.2, 0.25) is 0 Å². The number of hydrogen-bond donors (Lipinski definition) is 1. The molecule has 1 amide bonds. The zero-order chi connectivity index (χ0) is 19.7. The van der Waals surface area contributed by atoms with Crippen molar-refractivity contribution in [3.63, 3.8) is 0 Å². The van der Waals surface area contributed by atoms with Crippen LogP contribution in [0.1, 0.15) is 29.0 Å². The molecular formula is C18H16N4O6. The molecule has 1 aliphatic heterocycles. The van der Waals surface area contributed by atoms with Gasteiger partial charge in [0.25, 0.3) is 5.91 Å². The van der Waals surface area contributed by atoms with E-state index in [2.05, 4.69) is 10.2 Å². The van der Waals surface area contributed by atoms with E-state index in [-0.39, 0.29) is 12.4 Å². The number of esters is 1. The second-order valence-electron chi connectivity index (χ2n) is 6.45. The van der Waals surface area contributed by atoms with Crippen molar-refractivity contribution in [2.24, 2.45) is 0 Å². The fourth-order valence-corrected chi connectivity index (χ4v) is 3.26. The number of likely N-dealkylation sites (tertiary alicyclic amines) is 1. The Morgan fingerprint density at radius 2 is 2.21 bits per heavy atom. The largest absolute Gasteiger partial charge is 0.459 e. The van der Waals surface area contributed by atoms with Crippen LogP contribution >= 0.6 is 0 Å². The smallest absolute Gasteiger partial charge is 0.433 e. The number of hydrogen-bond acceptors (Lipinski definition) is 7. The molecule has 1 saturated heterocycles. The number of benzene rings is 1. The Balaban J connectivity index is 1.42. The molecule has 1 aliphatic rings. The maximum absolute atomic E-state index is 12.6. The lowest BCUT2D eigenvalue weighted by atomic mass is 10.2. The molecule has 144 valence electrons. The summed E-state index contributed by atoms with van der Waals surface area (Å²) in [7, 11) is 0. The van der Waals surface area contributed by atoms with E-state index in [4.69, 9.17) is 9.15 Å². The minimum Gasteiger partial charge on any atom is -0.459 e. The number of amides is 1. The molecule has 0 bridgehead atoms. The van der Waals surface area contributed by atoms with Gasteiger partial charge in [0.15, 0.2) is 5.76 Å². The van der Waals surface area contributed by atoms with Crippen molar-refractivity contribution in [1.29, 1.82) is 0 Å². The van der Waals surface area contributed by atoms with Gasteiger partial charge in [-0.15, -0.1) is 0 Å². The summed E-state index contributed by atoms with van der Waals surface area (Å²) in [5.41, 5.74) is 1.63. The third kappa shape index (κ3) is 3.31. The fourth-order valence-electron chi connectivity index (χ4n) is 3.26. The number of fused-ring (bicyclic) bond motifs is 1. The normalized spacial score (nSPS) is 16.4. The van der Waals surface area contributed by atoms with E-state index in [1.807, 2.05) is 18.2 Å². The summed E-state index contributed by atoms with van der Waals surface area (Å²) in [6, 6.07) is 7.16. The molecule has 3 heterocycles. The topological polar surface area (TPSA) is 132 Å². The van der Waals surface area contributed by atoms with Gasteiger partial charge in [-0.1, -0.05) is 12.1 Å². The highest BCUT2D eigenvalue weighted by atomic mass is 16.6. The van der Waals surface area contributed by atoms with Crippen molar-refractivity contribution in [2.75, 3.05) is 6.54 Å². The number of nitro groups is 1. The number of rotatable bonds is 5. The van der Waals surface area contributed by atoms with Gasteiger partial charge in [-0.2, -0.15) is 5.10 Å². The molecule has 1 N–H and O–H groups in total. The average Bonchev–Trinajstić information content (AvgIpc) is 3.45. The van der Waals surface area contributed by atoms with Crippen LogP contribution in [0.15, 0.2) is 40.9 Å². The van der Waals surface area contributed by atoms with Crippen molar-refractivity contribution in [3.8, 4) is 0 Å². The first kappa shape index (κ1) is 17.7. The Hall–Kier alpha value is -3.69. The molecule has 3 aromatic rings. The van der Waals surface area contributed by atoms with Crippen molar-refractivity contribution in [1.82, 2.24) is 15.1 Å². The summed E-state index contributed by atoms with van der Waals surface area (Å²) < 4.78 is 10.3. The van der Waals surface area contributed by atoms with Crippen LogP contribution in [-0.4, -0.2) is 44.5 Å². The number of furan rings is 1. The van der Waals surface area contributed by atoms with Crippen LogP contribution in [0.4, 0.5) is 5.88 Å². The second-order valence-corrected chi connectivity index (χ2v) is 6.45. The van der Waals surface area contributed by atoms with Gasteiger partial charge in [0.05, 0.1) is 17.8 Å². The summed E-state index contributed by atoms with van der Waals surface area (Å²) >= 11 is 0. The highest BCUT2D eigenvalue weighted by Crippen LogP contribution is 2.24. The Bertz CT molecular complexity index is 1060. The molecule has 1 fully saturated rings. The molecule has 1 atom stereocenters. The van der Waals surface area contributed by atoms with Crippen LogP contribution in [0, 0.1) is 10.1 Å². The van der Waals surface area contributed by atoms with Crippen molar-refractivity contribution >= 4 is 28.7 Å². The average molecular weight is 384 g/mol. The number of nitrogens with zero attached hydrogens (tertiary/aromatic N) is 3. The molecule has 0 radical (unpaired) electrons. The SMILES string of the molecule is O=C(OCc1ccc2cn[nH]c2c1)[C@H]1CCCN1C(=O)c1ccc([N+](=O)[O-])o1. The predicted octanol–water partition coefficient (Wildman–Crippen LogP) is 2.41. The van der Waals surface area contributed by atoms with E-state index < -0.39 is 28.7 Å². The molecule has 4 rings (SSSR count). The molecule has 28 heavy (non-hydrogen) atoms. The summed E-state index contributed by atoms with van der Waals surface area (Å²) in [5.74, 6) is -1.77. The predicted molar refractivity (Wildman–Crippen MR) is 95.3 cm³/mol. The van der Waals surface area contributed by atoms with Gasteiger partial charge in [0, 0.05) is 11.9 Å². The molecule has 0 spiro atoms. The Labute approximate surface area is 158 Å². The molecule has 10 heteroatoms. The lowest BCUT2D eigenvalue weighted by Gasteiger charge is -2.22. The number of H-pyrrole nitrogens is 1. The third-order valence-electron chi connectivity index (χ3n) is 4.66. The van der Waals surface area contributed by atoms with Gasteiger partial charge < -0.3 is 14.1 Å². The van der Waals surface area contributed by atoms with Crippen molar-refractivity contribution in [3.05, 3.63) is 58.0 Å². The van der Waals surface area contributed by atoms with E-state index in [9.17, 15) is 19.7 Å². The number of carbonyl (C=O) groups excluding carboxylic acids is 2. The number of carbonyl (C=O) groups is 2. The Morgan fingerprint density at radius 3 is 3.00 bits per heavy atom. The molecule has 10 nitrogen and oxygen atoms in total. The zero-order valence-corrected chi connectivity index (χ0v) is 14.7. The van der Waals surface area contributed by atoms with Gasteiger partial charge in [-0.05, 0) is 30.5 Å². The highest BCUT2D eigenvalue weighted by molar-refractivity contribution is 5.95. The minimum absolute atomic E-state index is 0.0680. The minimum atomic E-state index is -0.743. The van der Waals surface area contributed by atoms with Gasteiger partial charge in [-0.3, -0.25) is 20.0 Å². The monoisotopic (exact) mass is 384 g/mol. The van der Waals surface area contributed by atoms with Gasteiger partial charge >= 0.3 is 11.9 Å². The van der Waals surface area contributed by atoms with Crippen molar-refractivity contribution < 1.29 is 23.7 Å². The number of aromatic nitrogens is 2. The van der Waals surface area contributed by atoms with Gasteiger partial charge in [0.2, 0.25) is 0 Å². The standard InChI is InChI=1S/C18H16N4O6/c23-17(15-5-6-16(28-15)22(25)26)21-7-1-2-14(21)18(24)27-10-11-3-4-12-9-19-20-13(12)8-11/h3-6,8-9,14H,1-2,7,10H2,(H,19,20)/t14-/m1/s1. The molecular weight excluding hydrogens is 368 g/mol. The summed E-state index contributed by atoms with van der Waals surface area (Å²) in [4.78, 5) is 36.4. The Kier molecular flexibility index (Phi) is 4.52. The summed E-state index contributed by atoms with van der Waals surface area (Å²) in [5, 5.41) is 18.5. The number of ether oxygens (including phenoxy) is 1. The summed E-state index contributed by atoms with van der Waals surface area (Å²) in [6.07, 6.45) is 2.80. The molecule has 1 aromatic carbocycles. The van der Waals surface area contributed by atoms with Crippen LogP contribution < -0.4 is 0 Å². The van der Waals surface area contributed by atoms with E-state index >= 15 is 0 Å².